The van der Waals surface area contributed by atoms with Crippen LogP contribution in [0.5, 0.6) is 0 Å². The molecule has 0 heterocycles. The Morgan fingerprint density at radius 2 is 1.71 bits per heavy atom. The van der Waals surface area contributed by atoms with Gasteiger partial charge in [0.15, 0.2) is 6.10 Å². The van der Waals surface area contributed by atoms with Gasteiger partial charge in [0.05, 0.1) is 0 Å². The summed E-state index contributed by atoms with van der Waals surface area (Å²) in [5, 5.41) is 11.3. The first kappa shape index (κ1) is 12.9. The zero-order valence-corrected chi connectivity index (χ0v) is 9.16. The topological polar surface area (TPSA) is 66.5 Å². The van der Waals surface area contributed by atoms with Gasteiger partial charge in [0.1, 0.15) is 0 Å². The molecule has 1 atom stereocenters. The molecule has 1 amide bonds. The molecule has 0 saturated heterocycles. The fraction of sp³-hybridized carbons (Fsp3) is 0.778. The summed E-state index contributed by atoms with van der Waals surface area (Å²) in [6.07, 6.45) is -1.13. The minimum atomic E-state index is -1.35. The van der Waals surface area contributed by atoms with Crippen molar-refractivity contribution in [3.8, 4) is 0 Å². The van der Waals surface area contributed by atoms with E-state index in [-0.39, 0.29) is 5.91 Å². The molecule has 0 spiro atoms. The summed E-state index contributed by atoms with van der Waals surface area (Å²) in [4.78, 5) is 26.7. The van der Waals surface area contributed by atoms with Crippen LogP contribution in [-0.2, 0) is 19.5 Å². The Kier molecular flexibility index (Phi) is 4.07. The predicted molar refractivity (Wildman–Crippen MR) is 48.5 cm³/mol. The number of hydrogen-bond acceptors (Lipinski definition) is 3. The molecule has 0 aliphatic rings. The van der Waals surface area contributed by atoms with Crippen molar-refractivity contribution in [1.29, 1.82) is 0 Å². The van der Waals surface area contributed by atoms with Gasteiger partial charge in [-0.15, -0.1) is 0 Å². The second-order valence-electron chi connectivity index (χ2n) is 4.12. The lowest BCUT2D eigenvalue weighted by Crippen LogP contribution is -2.40. The van der Waals surface area contributed by atoms with Gasteiger partial charge in [0, 0.05) is 12.5 Å². The van der Waals surface area contributed by atoms with E-state index in [2.05, 4.69) is 0 Å². The SMILES string of the molecule is CC(ON(C)C(=O)C(C)(C)C)C([O])=O. The van der Waals surface area contributed by atoms with Gasteiger partial charge in [-0.3, -0.25) is 9.63 Å². The largest absolute Gasteiger partial charge is 0.386 e. The molecule has 0 aliphatic heterocycles. The summed E-state index contributed by atoms with van der Waals surface area (Å²) in [6, 6.07) is 0. The van der Waals surface area contributed by atoms with Crippen LogP contribution in [0.3, 0.4) is 0 Å². The Hall–Kier alpha value is -1.10. The van der Waals surface area contributed by atoms with Crippen LogP contribution in [0, 0.1) is 5.41 Å². The summed E-state index contributed by atoms with van der Waals surface area (Å²) >= 11 is 0. The Morgan fingerprint density at radius 3 is 2.00 bits per heavy atom. The van der Waals surface area contributed by atoms with Gasteiger partial charge in [-0.25, -0.2) is 15.0 Å². The maximum absolute atomic E-state index is 11.5. The maximum atomic E-state index is 11.5. The van der Waals surface area contributed by atoms with E-state index >= 15 is 0 Å². The molecule has 0 aliphatic carbocycles. The molecule has 5 nitrogen and oxygen atoms in total. The third kappa shape index (κ3) is 3.74. The summed E-state index contributed by atoms with van der Waals surface area (Å²) in [6.45, 7) is 6.47. The molecule has 1 radical (unpaired) electrons. The van der Waals surface area contributed by atoms with Crippen LogP contribution in [0.15, 0.2) is 0 Å². The average molecular weight is 202 g/mol. The standard InChI is InChI=1S/C9H16NO4/c1-6(7(11)12)14-10(5)8(13)9(2,3)4/h6H,1-5H3. The van der Waals surface area contributed by atoms with Gasteiger partial charge >= 0.3 is 5.97 Å². The molecular weight excluding hydrogens is 186 g/mol. The fourth-order valence-corrected chi connectivity index (χ4v) is 0.800. The van der Waals surface area contributed by atoms with E-state index in [1.165, 1.54) is 14.0 Å². The molecule has 0 rings (SSSR count). The van der Waals surface area contributed by atoms with E-state index in [1.807, 2.05) is 0 Å². The zero-order chi connectivity index (χ0) is 11.5. The third-order valence-corrected chi connectivity index (χ3v) is 1.58. The van der Waals surface area contributed by atoms with E-state index in [0.717, 1.165) is 5.06 Å². The van der Waals surface area contributed by atoms with Crippen molar-refractivity contribution < 1.29 is 19.5 Å². The first-order valence-electron chi connectivity index (χ1n) is 4.32. The summed E-state index contributed by atoms with van der Waals surface area (Å²) < 4.78 is 0. The number of rotatable bonds is 3. The van der Waals surface area contributed by atoms with Crippen molar-refractivity contribution in [3.63, 3.8) is 0 Å². The van der Waals surface area contributed by atoms with E-state index in [4.69, 9.17) is 4.84 Å². The molecule has 14 heavy (non-hydrogen) atoms. The summed E-state index contributed by atoms with van der Waals surface area (Å²) in [7, 11) is 1.38. The molecule has 0 N–H and O–H groups in total. The van der Waals surface area contributed by atoms with Crippen molar-refractivity contribution in [1.82, 2.24) is 5.06 Å². The molecule has 0 aromatic heterocycles. The van der Waals surface area contributed by atoms with Crippen molar-refractivity contribution >= 4 is 11.9 Å². The Bertz CT molecular complexity index is 231. The van der Waals surface area contributed by atoms with Gasteiger partial charge in [0.25, 0.3) is 5.91 Å². The second-order valence-corrected chi connectivity index (χ2v) is 4.12. The monoisotopic (exact) mass is 202 g/mol. The molecule has 0 saturated carbocycles. The molecular formula is C9H16NO4. The van der Waals surface area contributed by atoms with Crippen LogP contribution >= 0.6 is 0 Å². The lowest BCUT2D eigenvalue weighted by atomic mass is 9.96. The summed E-state index contributed by atoms with van der Waals surface area (Å²) in [5.74, 6) is -1.64. The molecule has 0 aromatic carbocycles. The van der Waals surface area contributed by atoms with Gasteiger partial charge in [-0.05, 0) is 6.92 Å². The maximum Gasteiger partial charge on any atom is 0.386 e. The van der Waals surface area contributed by atoms with Crippen LogP contribution in [0.1, 0.15) is 27.7 Å². The lowest BCUT2D eigenvalue weighted by molar-refractivity contribution is -0.210. The van der Waals surface area contributed by atoms with Gasteiger partial charge in [-0.2, -0.15) is 0 Å². The number of hydroxylamine groups is 2. The van der Waals surface area contributed by atoms with Crippen molar-refractivity contribution in [2.24, 2.45) is 5.41 Å². The lowest BCUT2D eigenvalue weighted by Gasteiger charge is -2.26. The van der Waals surface area contributed by atoms with Gasteiger partial charge in [0.2, 0.25) is 0 Å². The number of carbonyl (C=O) groups is 2. The normalized spacial score (nSPS) is 13.5. The average Bonchev–Trinajstić information content (AvgIpc) is 2.00. The minimum Gasteiger partial charge on any atom is -0.272 e. The van der Waals surface area contributed by atoms with Crippen molar-refractivity contribution in [3.05, 3.63) is 0 Å². The highest BCUT2D eigenvalue weighted by atomic mass is 16.7. The molecule has 1 unspecified atom stereocenters. The number of amides is 1. The highest BCUT2D eigenvalue weighted by Gasteiger charge is 2.28. The first-order valence-corrected chi connectivity index (χ1v) is 4.32. The Morgan fingerprint density at radius 1 is 1.29 bits per heavy atom. The van der Waals surface area contributed by atoms with Crippen LogP contribution in [-0.4, -0.2) is 30.1 Å². The molecule has 81 valence electrons. The first-order chi connectivity index (χ1) is 6.16. The van der Waals surface area contributed by atoms with E-state index in [0.29, 0.717) is 0 Å². The van der Waals surface area contributed by atoms with Gasteiger partial charge in [-0.1, -0.05) is 20.8 Å². The fourth-order valence-electron chi connectivity index (χ4n) is 0.800. The highest BCUT2D eigenvalue weighted by Crippen LogP contribution is 2.17. The van der Waals surface area contributed by atoms with Crippen molar-refractivity contribution in [2.75, 3.05) is 7.05 Å². The smallest absolute Gasteiger partial charge is 0.272 e. The third-order valence-electron chi connectivity index (χ3n) is 1.58. The summed E-state index contributed by atoms with van der Waals surface area (Å²) in [5.41, 5.74) is -0.597. The van der Waals surface area contributed by atoms with Gasteiger partial charge < -0.3 is 0 Å². The molecule has 0 fully saturated rings. The van der Waals surface area contributed by atoms with Crippen LogP contribution in [0.25, 0.3) is 0 Å². The van der Waals surface area contributed by atoms with Crippen LogP contribution in [0.4, 0.5) is 0 Å². The van der Waals surface area contributed by atoms with Crippen molar-refractivity contribution in [2.45, 2.75) is 33.8 Å². The van der Waals surface area contributed by atoms with Crippen LogP contribution < -0.4 is 0 Å². The zero-order valence-electron chi connectivity index (χ0n) is 9.16. The Balaban J connectivity index is 4.29. The minimum absolute atomic E-state index is 0.286. The molecule has 5 heteroatoms. The van der Waals surface area contributed by atoms with E-state index in [9.17, 15) is 14.7 Å². The Labute approximate surface area is 83.6 Å². The quantitative estimate of drug-likeness (QED) is 0.635. The van der Waals surface area contributed by atoms with Crippen LogP contribution in [0.2, 0.25) is 0 Å². The molecule has 0 bridgehead atoms. The highest BCUT2D eigenvalue weighted by molar-refractivity contribution is 5.80. The predicted octanol–water partition coefficient (Wildman–Crippen LogP) is 0.768. The van der Waals surface area contributed by atoms with E-state index in [1.54, 1.807) is 20.8 Å². The number of hydrogen-bond donors (Lipinski definition) is 0. The number of nitrogens with zero attached hydrogens (tertiary/aromatic N) is 1. The molecule has 0 aromatic rings. The second kappa shape index (κ2) is 4.41. The van der Waals surface area contributed by atoms with E-state index < -0.39 is 17.5 Å². The number of carbonyl (C=O) groups excluding carboxylic acids is 2.